The fourth-order valence-corrected chi connectivity index (χ4v) is 16.0. The largest absolute Gasteiger partial charge is 0.472 e. The second-order valence-electron chi connectivity index (χ2n) is 20.5. The maximum atomic E-state index is 12.9. The lowest BCUT2D eigenvalue weighted by molar-refractivity contribution is -0.0121. The second-order valence-corrected chi connectivity index (χ2v) is 39.6. The molecule has 0 aliphatic carbocycles. The van der Waals surface area contributed by atoms with Crippen LogP contribution in [0.4, 0.5) is 0 Å². The minimum atomic E-state index is -5.26. The molecule has 17 unspecified atom stereocenters. The van der Waals surface area contributed by atoms with Crippen molar-refractivity contribution in [3.05, 3.63) is 0 Å². The molecule has 73 heteroatoms. The van der Waals surface area contributed by atoms with Gasteiger partial charge in [0.05, 0.1) is 211 Å². The van der Waals surface area contributed by atoms with Crippen LogP contribution in [0.25, 0.3) is 0 Å². The average molecular weight is 1950 g/mol. The molecule has 0 spiro atoms. The highest BCUT2D eigenvalue weighted by Gasteiger charge is 2.37. The third-order valence-corrected chi connectivity index (χ3v) is 23.8. The van der Waals surface area contributed by atoms with Crippen molar-refractivity contribution in [2.75, 3.05) is 234 Å². The van der Waals surface area contributed by atoms with Gasteiger partial charge in [0.1, 0.15) is 12.2 Å². The van der Waals surface area contributed by atoms with E-state index in [-0.39, 0.29) is 53.0 Å². The first-order valence-electron chi connectivity index (χ1n) is 31.8. The Hall–Kier alpha value is 1.11. The van der Waals surface area contributed by atoms with E-state index in [1.165, 1.54) is 21.1 Å². The van der Waals surface area contributed by atoms with Gasteiger partial charge < -0.3 is 92.2 Å². The van der Waals surface area contributed by atoms with Crippen molar-refractivity contribution in [2.45, 2.75) is 37.3 Å². The van der Waals surface area contributed by atoms with Crippen LogP contribution in [0.3, 0.4) is 0 Å². The van der Waals surface area contributed by atoms with Crippen molar-refractivity contribution in [2.24, 2.45) is 0 Å². The molecule has 0 aromatic carbocycles. The predicted molar refractivity (Wildman–Crippen MR) is 374 cm³/mol. The molecule has 60 nitrogen and oxygen atoms in total. The molecule has 0 amide bonds. The van der Waals surface area contributed by atoms with Crippen LogP contribution < -0.4 is 21.3 Å². The predicted octanol–water partition coefficient (Wildman–Crippen LogP) is 0.442. The molecule has 0 saturated carbocycles. The summed E-state index contributed by atoms with van der Waals surface area (Å²) < 4.78 is 297. The summed E-state index contributed by atoms with van der Waals surface area (Å²) >= 11 is 0. The normalized spacial score (nSPS) is 20.4. The number of rotatable bonds is 81. The van der Waals surface area contributed by atoms with Crippen LogP contribution in [-0.2, 0) is 191 Å². The van der Waals surface area contributed by atoms with E-state index in [1.807, 2.05) is 0 Å². The molecule has 0 aliphatic rings. The van der Waals surface area contributed by atoms with Crippen LogP contribution in [0.2, 0.25) is 0 Å². The molecular formula is C41H101N4O56P13. The average Bonchev–Trinajstić information content (AvgIpc) is 0.877. The van der Waals surface area contributed by atoms with Gasteiger partial charge in [-0.3, -0.25) is 134 Å². The van der Waals surface area contributed by atoms with Gasteiger partial charge in [0.25, 0.3) is 0 Å². The maximum absolute atomic E-state index is 12.9. The van der Waals surface area contributed by atoms with Gasteiger partial charge >= 0.3 is 101 Å². The Morgan fingerprint density at radius 2 is 0.395 bits per heavy atom. The molecule has 0 rings (SSSR count). The van der Waals surface area contributed by atoms with Gasteiger partial charge in [-0.15, -0.1) is 0 Å². The number of hydrogen-bond acceptors (Lipinski definition) is 47. The van der Waals surface area contributed by atoms with E-state index in [9.17, 15) is 123 Å². The Morgan fingerprint density at radius 3 is 0.614 bits per heavy atom. The SMILES string of the molecule is CNCOCCC(CO)OP(=O)(O)OCCOP(=O)(O)OCCOP(=O)(O)OCCOP(=O)(O)OCCOP(=O)(O)OCCOP(=O)(O)OCCOP(=O)(O)OCC(CCOCNC)OP(=O)(O)OCCOP(=O)(O)OCC(COCNC)OP(=O)(O)OCCOP(=O)(O)OCC(COCNC)OP(=O)(O)OCCOP(C)(=O)O. The molecule has 0 aromatic heterocycles. The lowest BCUT2D eigenvalue weighted by atomic mass is 10.3. The summed E-state index contributed by atoms with van der Waals surface area (Å²) in [6.07, 6.45) is -6.51. The van der Waals surface area contributed by atoms with Gasteiger partial charge in [-0.25, -0.2) is 54.8 Å². The molecule has 17 atom stereocenters. The minimum absolute atomic E-state index is 0.00341. The van der Waals surface area contributed by atoms with E-state index >= 15 is 0 Å². The third kappa shape index (κ3) is 68.5. The van der Waals surface area contributed by atoms with Crippen LogP contribution in [0.1, 0.15) is 12.8 Å². The van der Waals surface area contributed by atoms with Crippen molar-refractivity contribution in [1.82, 2.24) is 21.3 Å². The number of ether oxygens (including phenoxy) is 4. The van der Waals surface area contributed by atoms with Crippen molar-refractivity contribution in [3.63, 3.8) is 0 Å². The fourth-order valence-electron chi connectivity index (χ4n) is 6.43. The highest BCUT2D eigenvalue weighted by atomic mass is 31.2. The van der Waals surface area contributed by atoms with Gasteiger partial charge in [-0.2, -0.15) is 0 Å². The van der Waals surface area contributed by atoms with Crippen molar-refractivity contribution < 1.29 is 260 Å². The molecule has 18 N–H and O–H groups in total. The minimum Gasteiger partial charge on any atom is -0.394 e. The summed E-state index contributed by atoms with van der Waals surface area (Å²) in [6, 6.07) is 0. The van der Waals surface area contributed by atoms with E-state index in [0.29, 0.717) is 0 Å². The quantitative estimate of drug-likeness (QED) is 0.0223. The van der Waals surface area contributed by atoms with E-state index < -0.39 is 284 Å². The summed E-state index contributed by atoms with van der Waals surface area (Å²) in [7, 11) is -58.8. The first-order chi connectivity index (χ1) is 52.8. The van der Waals surface area contributed by atoms with Crippen molar-refractivity contribution >= 4 is 101 Å². The van der Waals surface area contributed by atoms with E-state index in [1.54, 1.807) is 7.05 Å². The first kappa shape index (κ1) is 115. The van der Waals surface area contributed by atoms with Gasteiger partial charge in [0, 0.05) is 6.66 Å². The van der Waals surface area contributed by atoms with E-state index in [4.69, 9.17) is 69.1 Å². The summed E-state index contributed by atoms with van der Waals surface area (Å²) in [5.41, 5.74) is 0. The zero-order valence-electron chi connectivity index (χ0n) is 61.2. The van der Waals surface area contributed by atoms with Gasteiger partial charge in [0.15, 0.2) is 0 Å². The zero-order chi connectivity index (χ0) is 86.8. The molecule has 0 aliphatic heterocycles. The first-order valence-corrected chi connectivity index (χ1v) is 51.8. The van der Waals surface area contributed by atoms with E-state index in [0.717, 1.165) is 6.66 Å². The molecule has 0 fully saturated rings. The molecule has 0 radical (unpaired) electrons. The Bertz CT molecular complexity index is 3280. The molecule has 114 heavy (non-hydrogen) atoms. The molecule has 0 bridgehead atoms. The Balaban J connectivity index is 4.96. The van der Waals surface area contributed by atoms with Gasteiger partial charge in [-0.1, -0.05) is 0 Å². The number of aliphatic hydroxyl groups excluding tert-OH is 1. The topological polar surface area (TPSA) is 821 Å². The summed E-state index contributed by atoms with van der Waals surface area (Å²) in [5, 5.41) is 19.8. The van der Waals surface area contributed by atoms with Crippen molar-refractivity contribution in [3.8, 4) is 0 Å². The van der Waals surface area contributed by atoms with Crippen LogP contribution >= 0.6 is 101 Å². The summed E-state index contributed by atoms with van der Waals surface area (Å²) in [4.78, 5) is 130. The summed E-state index contributed by atoms with van der Waals surface area (Å²) in [5.74, 6) is 0. The second kappa shape index (κ2) is 59.9. The Labute approximate surface area is 651 Å². The highest BCUT2D eigenvalue weighted by molar-refractivity contribution is 7.52. The smallest absolute Gasteiger partial charge is 0.394 e. The molecule has 0 saturated heterocycles. The standard InChI is InChI=1S/C41H101N4O56P13/c1-42-34-73-8-6-38(28-46)98-111(65,66)92-25-22-87-107(57,58)85-19-18-83-105(53,54)81-15-14-79-103(49,50)78-12-13-80-104(51,52)82-16-17-84-106(55,56)86-20-21-88-108(59,60)95-31-39(7-9-74-35-43-2)99-112(67,68)93-26-23-89-109(61,62)97-33-41(30-76-37-45-4)101-114(71,72)94-27-24-90-110(63,64)96-32-40(29-75-36-44-3)100-113(69,70)91-11-10-77-102(5,47)48/h38-46H,6-37H2,1-5H3,(H,47,48)(H,49,50)(H,51,52)(H,53,54)(H,55,56)(H,57,58)(H,59,60)(H,61,62)(H,63,64)(H,65,66)(H,67,68)(H,69,70)(H,71,72). The van der Waals surface area contributed by atoms with E-state index in [2.05, 4.69) is 89.1 Å². The van der Waals surface area contributed by atoms with Crippen LogP contribution in [0, 0.1) is 0 Å². The third-order valence-electron chi connectivity index (χ3n) is 10.8. The molecule has 686 valence electrons. The van der Waals surface area contributed by atoms with Crippen LogP contribution in [-0.4, -0.2) is 327 Å². The number of hydrogen-bond donors (Lipinski definition) is 18. The van der Waals surface area contributed by atoms with Crippen LogP contribution in [0.15, 0.2) is 0 Å². The number of nitrogens with one attached hydrogen (secondary N) is 4. The Morgan fingerprint density at radius 1 is 0.219 bits per heavy atom. The highest BCUT2D eigenvalue weighted by Crippen LogP contribution is 2.54. The van der Waals surface area contributed by atoms with Crippen molar-refractivity contribution in [1.29, 1.82) is 0 Å². The maximum Gasteiger partial charge on any atom is 0.472 e. The zero-order valence-corrected chi connectivity index (χ0v) is 72.8. The lowest BCUT2D eigenvalue weighted by Gasteiger charge is -2.23. The number of phosphoric acid groups is 12. The molecule has 0 aromatic rings. The Kier molecular flexibility index (Phi) is 60.5. The molecule has 0 heterocycles. The molecular weight excluding hydrogens is 1850 g/mol. The fraction of sp³-hybridized carbons (Fsp3) is 1.00. The number of phosphoric ester groups is 12. The number of aliphatic hydroxyl groups is 1. The summed E-state index contributed by atoms with van der Waals surface area (Å²) in [6.45, 7) is -21.0. The van der Waals surface area contributed by atoms with Crippen LogP contribution in [0.5, 0.6) is 0 Å². The van der Waals surface area contributed by atoms with Gasteiger partial charge in [-0.05, 0) is 41.0 Å². The van der Waals surface area contributed by atoms with Gasteiger partial charge in [0.2, 0.25) is 0 Å². The monoisotopic (exact) mass is 1950 g/mol. The lowest BCUT2D eigenvalue weighted by Crippen LogP contribution is -2.27.